The third kappa shape index (κ3) is 2.51. The highest BCUT2D eigenvalue weighted by molar-refractivity contribution is 5.95. The Balaban J connectivity index is 1.59. The van der Waals surface area contributed by atoms with Crippen LogP contribution in [-0.2, 0) is 11.4 Å². The molecule has 0 bridgehead atoms. The van der Waals surface area contributed by atoms with E-state index in [1.54, 1.807) is 0 Å². The first-order valence-corrected chi connectivity index (χ1v) is 6.95. The zero-order valence-electron chi connectivity index (χ0n) is 11.0. The van der Waals surface area contributed by atoms with Crippen LogP contribution in [0, 0.1) is 11.3 Å². The molecule has 1 unspecified atom stereocenters. The molecule has 102 valence electrons. The van der Waals surface area contributed by atoms with E-state index in [0.717, 1.165) is 43.6 Å². The van der Waals surface area contributed by atoms with Gasteiger partial charge in [0.2, 0.25) is 5.91 Å². The van der Waals surface area contributed by atoms with E-state index in [0.29, 0.717) is 0 Å². The van der Waals surface area contributed by atoms with Crippen LogP contribution in [0.15, 0.2) is 24.3 Å². The molecule has 1 aromatic rings. The predicted molar refractivity (Wildman–Crippen MR) is 73.6 cm³/mol. The standard InChI is InChI=1S/C15H20N2O2/c18-10-11-1-3-12(4-2-11)17-14(19)13-9-15(13)5-7-16-8-6-15/h1-4,13,16,18H,5-10H2,(H,17,19). The maximum atomic E-state index is 12.2. The number of hydrogen-bond acceptors (Lipinski definition) is 3. The van der Waals surface area contributed by atoms with Crippen LogP contribution in [0.4, 0.5) is 5.69 Å². The third-order valence-electron chi connectivity index (χ3n) is 4.51. The molecule has 1 saturated carbocycles. The number of benzene rings is 1. The van der Waals surface area contributed by atoms with E-state index in [-0.39, 0.29) is 23.8 Å². The number of aliphatic hydroxyl groups excluding tert-OH is 1. The summed E-state index contributed by atoms with van der Waals surface area (Å²) in [6, 6.07) is 7.37. The van der Waals surface area contributed by atoms with Crippen LogP contribution < -0.4 is 10.6 Å². The second-order valence-corrected chi connectivity index (χ2v) is 5.71. The number of anilines is 1. The lowest BCUT2D eigenvalue weighted by molar-refractivity contribution is -0.118. The van der Waals surface area contributed by atoms with Gasteiger partial charge >= 0.3 is 0 Å². The van der Waals surface area contributed by atoms with Crippen molar-refractivity contribution in [3.63, 3.8) is 0 Å². The molecule has 1 aliphatic heterocycles. The average molecular weight is 260 g/mol. The molecule has 19 heavy (non-hydrogen) atoms. The van der Waals surface area contributed by atoms with Gasteiger partial charge in [-0.1, -0.05) is 12.1 Å². The normalized spacial score (nSPS) is 24.2. The van der Waals surface area contributed by atoms with Gasteiger partial charge in [-0.05, 0) is 55.5 Å². The van der Waals surface area contributed by atoms with E-state index in [9.17, 15) is 4.79 Å². The Morgan fingerprint density at radius 1 is 1.32 bits per heavy atom. The smallest absolute Gasteiger partial charge is 0.228 e. The number of nitrogens with one attached hydrogen (secondary N) is 2. The fourth-order valence-corrected chi connectivity index (χ4v) is 3.12. The zero-order chi connectivity index (χ0) is 13.3. The first kappa shape index (κ1) is 12.6. The van der Waals surface area contributed by atoms with E-state index in [1.165, 1.54) is 0 Å². The molecule has 1 aromatic carbocycles. The summed E-state index contributed by atoms with van der Waals surface area (Å²) in [5.74, 6) is 0.339. The Kier molecular flexibility index (Phi) is 3.29. The molecular formula is C15H20N2O2. The molecule has 1 amide bonds. The summed E-state index contributed by atoms with van der Waals surface area (Å²) < 4.78 is 0. The summed E-state index contributed by atoms with van der Waals surface area (Å²) in [4.78, 5) is 12.2. The highest BCUT2D eigenvalue weighted by Gasteiger charge is 2.57. The summed E-state index contributed by atoms with van der Waals surface area (Å²) in [6.45, 7) is 2.11. The van der Waals surface area contributed by atoms with Crippen molar-refractivity contribution in [2.24, 2.45) is 11.3 Å². The van der Waals surface area contributed by atoms with Gasteiger partial charge in [-0.3, -0.25) is 4.79 Å². The lowest BCUT2D eigenvalue weighted by atomic mass is 9.92. The number of amides is 1. The molecule has 1 aliphatic carbocycles. The fraction of sp³-hybridized carbons (Fsp3) is 0.533. The number of piperidine rings is 1. The van der Waals surface area contributed by atoms with Crippen LogP contribution in [0.2, 0.25) is 0 Å². The lowest BCUT2D eigenvalue weighted by Crippen LogP contribution is -2.31. The Bertz CT molecular complexity index is 464. The van der Waals surface area contributed by atoms with Gasteiger partial charge < -0.3 is 15.7 Å². The minimum Gasteiger partial charge on any atom is -0.392 e. The van der Waals surface area contributed by atoms with Crippen molar-refractivity contribution in [1.29, 1.82) is 0 Å². The highest BCUT2D eigenvalue weighted by Crippen LogP contribution is 2.58. The van der Waals surface area contributed by atoms with Gasteiger partial charge in [0.25, 0.3) is 0 Å². The number of carbonyl (C=O) groups excluding carboxylic acids is 1. The zero-order valence-corrected chi connectivity index (χ0v) is 11.0. The molecule has 4 heteroatoms. The van der Waals surface area contributed by atoms with Gasteiger partial charge in [-0.15, -0.1) is 0 Å². The second kappa shape index (κ2) is 4.94. The van der Waals surface area contributed by atoms with Crippen LogP contribution in [0.5, 0.6) is 0 Å². The first-order chi connectivity index (χ1) is 9.23. The Hall–Kier alpha value is -1.39. The van der Waals surface area contributed by atoms with Crippen LogP contribution in [-0.4, -0.2) is 24.1 Å². The summed E-state index contributed by atoms with van der Waals surface area (Å²) in [5, 5.41) is 15.3. The molecule has 0 aromatic heterocycles. The molecule has 1 saturated heterocycles. The van der Waals surface area contributed by atoms with E-state index >= 15 is 0 Å². The summed E-state index contributed by atoms with van der Waals surface area (Å²) in [7, 11) is 0. The van der Waals surface area contributed by atoms with Crippen molar-refractivity contribution in [3.8, 4) is 0 Å². The molecule has 4 nitrogen and oxygen atoms in total. The predicted octanol–water partition coefficient (Wildman–Crippen LogP) is 1.51. The maximum absolute atomic E-state index is 12.2. The van der Waals surface area contributed by atoms with Gasteiger partial charge in [0, 0.05) is 11.6 Å². The minimum atomic E-state index is 0.0347. The lowest BCUT2D eigenvalue weighted by Gasteiger charge is -2.23. The van der Waals surface area contributed by atoms with E-state index in [1.807, 2.05) is 24.3 Å². The molecule has 0 radical (unpaired) electrons. The van der Waals surface area contributed by atoms with E-state index < -0.39 is 0 Å². The summed E-state index contributed by atoms with van der Waals surface area (Å²) in [5.41, 5.74) is 1.96. The average Bonchev–Trinajstić information content (AvgIpc) is 3.14. The third-order valence-corrected chi connectivity index (χ3v) is 4.51. The molecule has 2 aliphatic rings. The van der Waals surface area contributed by atoms with Crippen molar-refractivity contribution in [2.75, 3.05) is 18.4 Å². The number of rotatable bonds is 3. The SMILES string of the molecule is O=C(Nc1ccc(CO)cc1)C1CC12CCNCC2. The van der Waals surface area contributed by atoms with Gasteiger partial charge in [-0.25, -0.2) is 0 Å². The van der Waals surface area contributed by atoms with Crippen molar-refractivity contribution in [1.82, 2.24) is 5.32 Å². The molecule has 3 rings (SSSR count). The largest absolute Gasteiger partial charge is 0.392 e. The maximum Gasteiger partial charge on any atom is 0.228 e. The number of hydrogen-bond donors (Lipinski definition) is 3. The fourth-order valence-electron chi connectivity index (χ4n) is 3.12. The highest BCUT2D eigenvalue weighted by atomic mass is 16.3. The van der Waals surface area contributed by atoms with Crippen LogP contribution in [0.3, 0.4) is 0 Å². The number of carbonyl (C=O) groups is 1. The topological polar surface area (TPSA) is 61.4 Å². The van der Waals surface area contributed by atoms with Gasteiger partial charge in [-0.2, -0.15) is 0 Å². The van der Waals surface area contributed by atoms with Crippen LogP contribution >= 0.6 is 0 Å². The van der Waals surface area contributed by atoms with Crippen LogP contribution in [0.1, 0.15) is 24.8 Å². The number of aliphatic hydroxyl groups is 1. The molecule has 1 spiro atoms. The monoisotopic (exact) mass is 260 g/mol. The first-order valence-electron chi connectivity index (χ1n) is 6.95. The van der Waals surface area contributed by atoms with Gasteiger partial charge in [0.1, 0.15) is 0 Å². The van der Waals surface area contributed by atoms with Gasteiger partial charge in [0.05, 0.1) is 6.61 Å². The Morgan fingerprint density at radius 2 is 2.00 bits per heavy atom. The second-order valence-electron chi connectivity index (χ2n) is 5.71. The molecular weight excluding hydrogens is 240 g/mol. The van der Waals surface area contributed by atoms with Crippen LogP contribution in [0.25, 0.3) is 0 Å². The summed E-state index contributed by atoms with van der Waals surface area (Å²) in [6.07, 6.45) is 3.28. The van der Waals surface area contributed by atoms with Crippen molar-refractivity contribution in [3.05, 3.63) is 29.8 Å². The Morgan fingerprint density at radius 3 is 2.63 bits per heavy atom. The molecule has 3 N–H and O–H groups in total. The molecule has 1 heterocycles. The van der Waals surface area contributed by atoms with E-state index in [2.05, 4.69) is 10.6 Å². The minimum absolute atomic E-state index is 0.0347. The summed E-state index contributed by atoms with van der Waals surface area (Å²) >= 11 is 0. The van der Waals surface area contributed by atoms with Crippen molar-refractivity contribution < 1.29 is 9.90 Å². The quantitative estimate of drug-likeness (QED) is 0.772. The van der Waals surface area contributed by atoms with Crippen molar-refractivity contribution >= 4 is 11.6 Å². The Labute approximate surface area is 113 Å². The molecule has 2 fully saturated rings. The molecule has 1 atom stereocenters. The van der Waals surface area contributed by atoms with Gasteiger partial charge in [0.15, 0.2) is 0 Å². The van der Waals surface area contributed by atoms with E-state index in [4.69, 9.17) is 5.11 Å². The van der Waals surface area contributed by atoms with Crippen molar-refractivity contribution in [2.45, 2.75) is 25.9 Å².